The van der Waals surface area contributed by atoms with Gasteiger partial charge in [0.05, 0.1) is 6.54 Å². The minimum Gasteiger partial charge on any atom is -0.347 e. The molecule has 0 aromatic carbocycles. The van der Waals surface area contributed by atoms with E-state index in [1.165, 1.54) is 11.3 Å². The topological polar surface area (TPSA) is 86.9 Å². The SMILES string of the molecule is CCCNCc1ccc(S(=O)(=O)NCc2ncc[nH]2)s1. The maximum atomic E-state index is 12.1. The van der Waals surface area contributed by atoms with E-state index in [1.54, 1.807) is 18.5 Å². The van der Waals surface area contributed by atoms with Gasteiger partial charge < -0.3 is 10.3 Å². The summed E-state index contributed by atoms with van der Waals surface area (Å²) in [5.41, 5.74) is 0. The Morgan fingerprint density at radius 2 is 2.20 bits per heavy atom. The second-order valence-corrected chi connectivity index (χ2v) is 7.42. The van der Waals surface area contributed by atoms with Crippen LogP contribution in [0.4, 0.5) is 0 Å². The van der Waals surface area contributed by atoms with Gasteiger partial charge in [0.1, 0.15) is 10.0 Å². The van der Waals surface area contributed by atoms with Crippen molar-refractivity contribution in [3.63, 3.8) is 0 Å². The molecule has 0 saturated heterocycles. The Hall–Kier alpha value is -1.22. The highest BCUT2D eigenvalue weighted by atomic mass is 32.2. The minimum absolute atomic E-state index is 0.163. The molecule has 2 heterocycles. The molecule has 0 aliphatic heterocycles. The fourth-order valence-electron chi connectivity index (χ4n) is 1.62. The average Bonchev–Trinajstić information content (AvgIpc) is 3.08. The van der Waals surface area contributed by atoms with Crippen molar-refractivity contribution in [1.82, 2.24) is 20.0 Å². The second-order valence-electron chi connectivity index (χ2n) is 4.26. The molecule has 20 heavy (non-hydrogen) atoms. The number of nitrogens with one attached hydrogen (secondary N) is 3. The van der Waals surface area contributed by atoms with Gasteiger partial charge in [-0.05, 0) is 25.1 Å². The first kappa shape index (κ1) is 15.2. The maximum Gasteiger partial charge on any atom is 0.250 e. The molecule has 2 rings (SSSR count). The number of thiophene rings is 1. The van der Waals surface area contributed by atoms with Crippen LogP contribution >= 0.6 is 11.3 Å². The number of aromatic amines is 1. The summed E-state index contributed by atoms with van der Waals surface area (Å²) in [5.74, 6) is 0.593. The molecule has 0 saturated carbocycles. The van der Waals surface area contributed by atoms with E-state index in [1.807, 2.05) is 6.07 Å². The standard InChI is InChI=1S/C12H18N4O2S2/c1-2-5-13-8-10-3-4-12(19-10)20(17,18)16-9-11-14-6-7-15-11/h3-4,6-7,13,16H,2,5,8-9H2,1H3,(H,14,15). The zero-order valence-electron chi connectivity index (χ0n) is 11.2. The number of sulfonamides is 1. The molecule has 3 N–H and O–H groups in total. The lowest BCUT2D eigenvalue weighted by atomic mass is 10.4. The van der Waals surface area contributed by atoms with Gasteiger partial charge in [-0.2, -0.15) is 0 Å². The van der Waals surface area contributed by atoms with Crippen molar-refractivity contribution in [2.75, 3.05) is 6.54 Å². The molecule has 0 spiro atoms. The summed E-state index contributed by atoms with van der Waals surface area (Å²) in [7, 11) is -3.47. The predicted octanol–water partition coefficient (Wildman–Crippen LogP) is 1.45. The zero-order chi connectivity index (χ0) is 14.4. The Morgan fingerprint density at radius 1 is 1.35 bits per heavy atom. The third-order valence-electron chi connectivity index (χ3n) is 2.61. The van der Waals surface area contributed by atoms with Gasteiger partial charge in [0.2, 0.25) is 10.0 Å². The average molecular weight is 314 g/mol. The molecule has 6 nitrogen and oxygen atoms in total. The molecule has 8 heteroatoms. The summed E-state index contributed by atoms with van der Waals surface area (Å²) < 4.78 is 27.1. The molecular weight excluding hydrogens is 296 g/mol. The van der Waals surface area contributed by atoms with Crippen LogP contribution in [-0.2, 0) is 23.1 Å². The van der Waals surface area contributed by atoms with E-state index in [0.717, 1.165) is 17.8 Å². The summed E-state index contributed by atoms with van der Waals surface area (Å²) in [5, 5.41) is 3.25. The van der Waals surface area contributed by atoms with Gasteiger partial charge in [0, 0.05) is 23.8 Å². The first-order valence-corrected chi connectivity index (χ1v) is 8.69. The van der Waals surface area contributed by atoms with Crippen molar-refractivity contribution in [1.29, 1.82) is 0 Å². The van der Waals surface area contributed by atoms with E-state index >= 15 is 0 Å². The van der Waals surface area contributed by atoms with Crippen LogP contribution in [0.15, 0.2) is 28.7 Å². The lowest BCUT2D eigenvalue weighted by Crippen LogP contribution is -2.22. The summed E-state index contributed by atoms with van der Waals surface area (Å²) in [6.07, 6.45) is 4.31. The third kappa shape index (κ3) is 4.14. The summed E-state index contributed by atoms with van der Waals surface area (Å²) in [6.45, 7) is 3.88. The molecule has 0 aliphatic rings. The van der Waals surface area contributed by atoms with Crippen molar-refractivity contribution in [3.8, 4) is 0 Å². The van der Waals surface area contributed by atoms with Gasteiger partial charge in [-0.3, -0.25) is 0 Å². The Morgan fingerprint density at radius 3 is 2.90 bits per heavy atom. The lowest BCUT2D eigenvalue weighted by molar-refractivity contribution is 0.582. The van der Waals surface area contributed by atoms with Crippen LogP contribution in [-0.4, -0.2) is 24.9 Å². The first-order chi connectivity index (χ1) is 9.62. The molecular formula is C12H18N4O2S2. The van der Waals surface area contributed by atoms with E-state index < -0.39 is 10.0 Å². The normalized spacial score (nSPS) is 11.8. The van der Waals surface area contributed by atoms with E-state index in [2.05, 4.69) is 26.9 Å². The Bertz CT molecular complexity index is 620. The minimum atomic E-state index is -3.47. The molecule has 0 fully saturated rings. The van der Waals surface area contributed by atoms with Crippen molar-refractivity contribution >= 4 is 21.4 Å². The molecule has 0 unspecified atom stereocenters. The number of imidazole rings is 1. The largest absolute Gasteiger partial charge is 0.347 e. The van der Waals surface area contributed by atoms with Gasteiger partial charge in [0.25, 0.3) is 0 Å². The molecule has 0 radical (unpaired) electrons. The highest BCUT2D eigenvalue weighted by Crippen LogP contribution is 2.21. The van der Waals surface area contributed by atoms with Crippen molar-refractivity contribution in [2.45, 2.75) is 30.6 Å². The summed E-state index contributed by atoms with van der Waals surface area (Å²) >= 11 is 1.28. The Labute approximate surface area is 122 Å². The smallest absolute Gasteiger partial charge is 0.250 e. The number of rotatable bonds is 8. The van der Waals surface area contributed by atoms with Crippen LogP contribution in [0.3, 0.4) is 0 Å². The Kier molecular flexibility index (Phi) is 5.30. The number of H-pyrrole nitrogens is 1. The van der Waals surface area contributed by atoms with E-state index in [-0.39, 0.29) is 6.54 Å². The fourth-order valence-corrected chi connectivity index (χ4v) is 3.97. The lowest BCUT2D eigenvalue weighted by Gasteiger charge is -2.02. The van der Waals surface area contributed by atoms with Gasteiger partial charge in [0.15, 0.2) is 0 Å². The molecule has 2 aromatic heterocycles. The van der Waals surface area contributed by atoms with Gasteiger partial charge >= 0.3 is 0 Å². The predicted molar refractivity (Wildman–Crippen MR) is 78.9 cm³/mol. The maximum absolute atomic E-state index is 12.1. The molecule has 0 bridgehead atoms. The van der Waals surface area contributed by atoms with Crippen LogP contribution in [0.25, 0.3) is 0 Å². The van der Waals surface area contributed by atoms with Gasteiger partial charge in [-0.1, -0.05) is 6.92 Å². The second kappa shape index (κ2) is 6.98. The quantitative estimate of drug-likeness (QED) is 0.644. The molecule has 2 aromatic rings. The zero-order valence-corrected chi connectivity index (χ0v) is 12.9. The van der Waals surface area contributed by atoms with Crippen molar-refractivity contribution in [2.24, 2.45) is 0 Å². The van der Waals surface area contributed by atoms with Crippen molar-refractivity contribution in [3.05, 3.63) is 35.2 Å². The van der Waals surface area contributed by atoms with Crippen LogP contribution in [0.5, 0.6) is 0 Å². The van der Waals surface area contributed by atoms with Crippen molar-refractivity contribution < 1.29 is 8.42 Å². The van der Waals surface area contributed by atoms with Crippen LogP contribution in [0, 0.1) is 0 Å². The summed E-state index contributed by atoms with van der Waals surface area (Å²) in [4.78, 5) is 7.85. The molecule has 110 valence electrons. The number of hydrogen-bond acceptors (Lipinski definition) is 5. The van der Waals surface area contributed by atoms with E-state index in [9.17, 15) is 8.42 Å². The molecule has 0 atom stereocenters. The van der Waals surface area contributed by atoms with Gasteiger partial charge in [-0.15, -0.1) is 11.3 Å². The number of aromatic nitrogens is 2. The van der Waals surface area contributed by atoms with Crippen LogP contribution in [0.1, 0.15) is 24.0 Å². The highest BCUT2D eigenvalue weighted by molar-refractivity contribution is 7.91. The van der Waals surface area contributed by atoms with Gasteiger partial charge in [-0.25, -0.2) is 18.1 Å². The third-order valence-corrected chi connectivity index (χ3v) is 5.59. The first-order valence-electron chi connectivity index (χ1n) is 6.39. The number of hydrogen-bond donors (Lipinski definition) is 3. The fraction of sp³-hybridized carbons (Fsp3) is 0.417. The Balaban J connectivity index is 1.95. The molecule has 0 amide bonds. The summed E-state index contributed by atoms with van der Waals surface area (Å²) in [6, 6.07) is 3.48. The van der Waals surface area contributed by atoms with E-state index in [4.69, 9.17) is 0 Å². The number of nitrogens with zero attached hydrogens (tertiary/aromatic N) is 1. The van der Waals surface area contributed by atoms with Crippen LogP contribution in [0.2, 0.25) is 0 Å². The molecule has 0 aliphatic carbocycles. The van der Waals surface area contributed by atoms with Crippen LogP contribution < -0.4 is 10.0 Å². The van der Waals surface area contributed by atoms with E-state index in [0.29, 0.717) is 16.6 Å². The monoisotopic (exact) mass is 314 g/mol. The highest BCUT2D eigenvalue weighted by Gasteiger charge is 2.16.